The van der Waals surface area contributed by atoms with Gasteiger partial charge in [0.1, 0.15) is 17.7 Å². The Bertz CT molecular complexity index is 1560. The quantitative estimate of drug-likeness (QED) is 0.277. The van der Waals surface area contributed by atoms with E-state index in [0.717, 1.165) is 65.5 Å². The highest BCUT2D eigenvalue weighted by atomic mass is 19.1. The number of pyridine rings is 2. The van der Waals surface area contributed by atoms with Gasteiger partial charge in [-0.2, -0.15) is 15.5 Å². The summed E-state index contributed by atoms with van der Waals surface area (Å²) in [6.07, 6.45) is 12.5. The SMILES string of the molecule is C=N/C(=C\C=C(/C)c1cc(-c2cnn(C)c2)cn2ncc(C#N)c12)N1CCN(Cc2ccc(F)cn2)CC1. The predicted octanol–water partition coefficient (Wildman–Crippen LogP) is 3.90. The Hall–Kier alpha value is -4.62. The fourth-order valence-corrected chi connectivity index (χ4v) is 4.64. The Morgan fingerprint density at radius 1 is 1.11 bits per heavy atom. The number of fused-ring (bicyclic) bond motifs is 1. The van der Waals surface area contributed by atoms with Crippen molar-refractivity contribution >= 4 is 17.8 Å². The highest BCUT2D eigenvalue weighted by molar-refractivity contribution is 5.84. The Morgan fingerprint density at radius 3 is 2.58 bits per heavy atom. The molecule has 0 N–H and O–H groups in total. The minimum atomic E-state index is -0.324. The topological polar surface area (TPSA) is 90.6 Å². The lowest BCUT2D eigenvalue weighted by Crippen LogP contribution is -2.45. The largest absolute Gasteiger partial charge is 0.354 e. The van der Waals surface area contributed by atoms with E-state index in [-0.39, 0.29) is 5.82 Å². The molecule has 192 valence electrons. The van der Waals surface area contributed by atoms with Gasteiger partial charge in [-0.05, 0) is 43.5 Å². The third kappa shape index (κ3) is 5.23. The van der Waals surface area contributed by atoms with Crippen molar-refractivity contribution < 1.29 is 4.39 Å². The highest BCUT2D eigenvalue weighted by Crippen LogP contribution is 2.29. The predicted molar refractivity (Wildman–Crippen MR) is 144 cm³/mol. The average Bonchev–Trinajstić information content (AvgIpc) is 3.56. The zero-order valence-corrected chi connectivity index (χ0v) is 21.4. The van der Waals surface area contributed by atoms with Crippen LogP contribution in [0.4, 0.5) is 4.39 Å². The van der Waals surface area contributed by atoms with Crippen molar-refractivity contribution in [2.75, 3.05) is 26.2 Å². The van der Waals surface area contributed by atoms with Crippen LogP contribution < -0.4 is 0 Å². The van der Waals surface area contributed by atoms with E-state index in [4.69, 9.17) is 0 Å². The molecule has 4 aromatic heterocycles. The Kier molecular flexibility index (Phi) is 7.11. The van der Waals surface area contributed by atoms with Crippen molar-refractivity contribution in [3.8, 4) is 17.2 Å². The molecular weight excluding hydrogens is 481 g/mol. The Balaban J connectivity index is 1.37. The number of nitriles is 1. The molecule has 0 atom stereocenters. The molecule has 9 nitrogen and oxygen atoms in total. The molecule has 1 saturated heterocycles. The fourth-order valence-electron chi connectivity index (χ4n) is 4.64. The molecule has 0 aromatic carbocycles. The van der Waals surface area contributed by atoms with Crippen LogP contribution in [0.15, 0.2) is 72.1 Å². The number of halogens is 1. The number of nitrogens with zero attached hydrogens (tertiary/aromatic N) is 9. The van der Waals surface area contributed by atoms with Gasteiger partial charge in [0, 0.05) is 68.9 Å². The number of hydrogen-bond donors (Lipinski definition) is 0. The molecule has 0 unspecified atom stereocenters. The second kappa shape index (κ2) is 10.8. The van der Waals surface area contributed by atoms with Crippen molar-refractivity contribution in [2.45, 2.75) is 13.5 Å². The van der Waals surface area contributed by atoms with E-state index >= 15 is 0 Å². The van der Waals surface area contributed by atoms with E-state index in [9.17, 15) is 9.65 Å². The maximum Gasteiger partial charge on any atom is 0.141 e. The molecule has 0 saturated carbocycles. The minimum absolute atomic E-state index is 0.324. The molecule has 0 aliphatic carbocycles. The van der Waals surface area contributed by atoms with E-state index < -0.39 is 0 Å². The first-order chi connectivity index (χ1) is 18.4. The summed E-state index contributed by atoms with van der Waals surface area (Å²) in [5.41, 5.74) is 5.94. The maximum absolute atomic E-state index is 13.1. The van der Waals surface area contributed by atoms with Gasteiger partial charge in [-0.1, -0.05) is 6.08 Å². The highest BCUT2D eigenvalue weighted by Gasteiger charge is 2.19. The smallest absolute Gasteiger partial charge is 0.141 e. The zero-order chi connectivity index (χ0) is 26.6. The van der Waals surface area contributed by atoms with Gasteiger partial charge in [-0.3, -0.25) is 14.6 Å². The Labute approximate surface area is 220 Å². The molecule has 5 rings (SSSR count). The van der Waals surface area contributed by atoms with E-state index in [1.807, 2.05) is 44.7 Å². The van der Waals surface area contributed by atoms with Gasteiger partial charge >= 0.3 is 0 Å². The summed E-state index contributed by atoms with van der Waals surface area (Å²) in [5.74, 6) is 0.465. The summed E-state index contributed by atoms with van der Waals surface area (Å²) in [4.78, 5) is 13.0. The summed E-state index contributed by atoms with van der Waals surface area (Å²) in [6, 6.07) is 7.49. The van der Waals surface area contributed by atoms with Gasteiger partial charge < -0.3 is 4.90 Å². The zero-order valence-electron chi connectivity index (χ0n) is 21.4. The van der Waals surface area contributed by atoms with Crippen molar-refractivity contribution in [3.05, 3.63) is 89.8 Å². The standard InChI is InChI=1S/C28H28FN9/c1-20(26-12-21(23-15-33-35(3)17-23)18-38-28(26)22(13-30)14-34-38)4-7-27(31-2)37-10-8-36(9-11-37)19-25-6-5-24(29)16-32-25/h4-7,12,14-18H,2,8-11,19H2,1,3H3/b20-4+,27-7+. The molecule has 1 aliphatic rings. The summed E-state index contributed by atoms with van der Waals surface area (Å²) in [6.45, 7) is 9.75. The molecule has 10 heteroatoms. The van der Waals surface area contributed by atoms with Gasteiger partial charge in [0.15, 0.2) is 0 Å². The van der Waals surface area contributed by atoms with Crippen molar-refractivity contribution in [2.24, 2.45) is 12.0 Å². The molecule has 0 amide bonds. The summed E-state index contributed by atoms with van der Waals surface area (Å²) in [5, 5.41) is 18.4. The van der Waals surface area contributed by atoms with E-state index in [0.29, 0.717) is 12.1 Å². The number of aryl methyl sites for hydroxylation is 1. The van der Waals surface area contributed by atoms with Crippen LogP contribution in [0.25, 0.3) is 22.2 Å². The van der Waals surface area contributed by atoms with Crippen LogP contribution in [0.3, 0.4) is 0 Å². The number of allylic oxidation sites excluding steroid dienone is 3. The molecule has 5 heterocycles. The van der Waals surface area contributed by atoms with Crippen molar-refractivity contribution in [3.63, 3.8) is 0 Å². The number of rotatable bonds is 7. The van der Waals surface area contributed by atoms with Crippen LogP contribution in [-0.4, -0.2) is 67.1 Å². The number of aliphatic imine (C=N–C) groups is 1. The summed E-state index contributed by atoms with van der Waals surface area (Å²) in [7, 11) is 1.88. The first kappa shape index (κ1) is 25.0. The lowest BCUT2D eigenvalue weighted by Gasteiger charge is -2.35. The van der Waals surface area contributed by atoms with Gasteiger partial charge in [0.2, 0.25) is 0 Å². The van der Waals surface area contributed by atoms with Gasteiger partial charge in [-0.25, -0.2) is 13.9 Å². The van der Waals surface area contributed by atoms with Crippen LogP contribution in [0.5, 0.6) is 0 Å². The van der Waals surface area contributed by atoms with Crippen LogP contribution >= 0.6 is 0 Å². The van der Waals surface area contributed by atoms with Crippen LogP contribution in [0.1, 0.15) is 23.7 Å². The molecule has 0 spiro atoms. The second-order valence-corrected chi connectivity index (χ2v) is 9.27. The molecule has 1 fully saturated rings. The van der Waals surface area contributed by atoms with E-state index in [2.05, 4.69) is 48.8 Å². The molecule has 0 radical (unpaired) electrons. The monoisotopic (exact) mass is 509 g/mol. The first-order valence-corrected chi connectivity index (χ1v) is 12.3. The van der Waals surface area contributed by atoms with Gasteiger partial charge in [0.05, 0.1) is 35.4 Å². The molecule has 4 aromatic rings. The summed E-state index contributed by atoms with van der Waals surface area (Å²) >= 11 is 0. The third-order valence-electron chi connectivity index (χ3n) is 6.71. The first-order valence-electron chi connectivity index (χ1n) is 12.3. The molecule has 38 heavy (non-hydrogen) atoms. The van der Waals surface area contributed by atoms with Crippen LogP contribution in [-0.2, 0) is 13.6 Å². The number of aromatic nitrogens is 5. The number of hydrogen-bond acceptors (Lipinski definition) is 7. The Morgan fingerprint density at radius 2 is 1.92 bits per heavy atom. The average molecular weight is 510 g/mol. The molecule has 0 bridgehead atoms. The summed E-state index contributed by atoms with van der Waals surface area (Å²) < 4.78 is 16.7. The van der Waals surface area contributed by atoms with Crippen molar-refractivity contribution in [1.29, 1.82) is 5.26 Å². The fraction of sp³-hybridized carbons (Fsp3) is 0.250. The second-order valence-electron chi connectivity index (χ2n) is 9.27. The minimum Gasteiger partial charge on any atom is -0.354 e. The lowest BCUT2D eigenvalue weighted by atomic mass is 10.0. The third-order valence-corrected chi connectivity index (χ3v) is 6.71. The van der Waals surface area contributed by atoms with E-state index in [1.165, 1.54) is 12.3 Å². The van der Waals surface area contributed by atoms with E-state index in [1.54, 1.807) is 21.5 Å². The van der Waals surface area contributed by atoms with Crippen molar-refractivity contribution in [1.82, 2.24) is 34.2 Å². The van der Waals surface area contributed by atoms with Crippen LogP contribution in [0, 0.1) is 17.1 Å². The normalized spacial score (nSPS) is 15.2. The maximum atomic E-state index is 13.1. The molecular formula is C28H28FN9. The van der Waals surface area contributed by atoms with Crippen LogP contribution in [0.2, 0.25) is 0 Å². The van der Waals surface area contributed by atoms with Gasteiger partial charge in [-0.15, -0.1) is 0 Å². The van der Waals surface area contributed by atoms with Gasteiger partial charge in [0.25, 0.3) is 0 Å². The lowest BCUT2D eigenvalue weighted by molar-refractivity contribution is 0.151. The number of piperazine rings is 1. The molecule has 1 aliphatic heterocycles.